The molecule has 0 saturated carbocycles. The summed E-state index contributed by atoms with van der Waals surface area (Å²) in [7, 11) is 1.65. The third kappa shape index (κ3) is 3.63. The Morgan fingerprint density at radius 3 is 2.72 bits per heavy atom. The highest BCUT2D eigenvalue weighted by Crippen LogP contribution is 2.25. The molecule has 29 heavy (non-hydrogen) atoms. The van der Waals surface area contributed by atoms with E-state index in [0.717, 1.165) is 0 Å². The van der Waals surface area contributed by atoms with Crippen LogP contribution < -0.4 is 10.2 Å². The lowest BCUT2D eigenvalue weighted by molar-refractivity contribution is -0.120. The van der Waals surface area contributed by atoms with E-state index in [9.17, 15) is 9.59 Å². The molecule has 150 valence electrons. The van der Waals surface area contributed by atoms with Crippen molar-refractivity contribution < 1.29 is 14.3 Å². The number of hydrogen-bond donors (Lipinski definition) is 1. The van der Waals surface area contributed by atoms with Crippen LogP contribution >= 0.6 is 0 Å². The summed E-state index contributed by atoms with van der Waals surface area (Å²) in [6, 6.07) is 1.78. The number of ether oxygens (including phenoxy) is 1. The summed E-state index contributed by atoms with van der Waals surface area (Å²) in [5.74, 6) is 0.650. The smallest absolute Gasteiger partial charge is 0.343 e. The van der Waals surface area contributed by atoms with E-state index < -0.39 is 5.97 Å². The van der Waals surface area contributed by atoms with Crippen LogP contribution in [0.4, 0.5) is 11.6 Å². The largest absolute Gasteiger partial charge is 0.462 e. The quantitative estimate of drug-likeness (QED) is 0.572. The molecule has 1 aliphatic heterocycles. The maximum Gasteiger partial charge on any atom is 0.343 e. The zero-order valence-corrected chi connectivity index (χ0v) is 15.9. The van der Waals surface area contributed by atoms with Crippen LogP contribution in [-0.4, -0.2) is 66.1 Å². The minimum Gasteiger partial charge on any atom is -0.462 e. The van der Waals surface area contributed by atoms with Crippen molar-refractivity contribution in [3.05, 3.63) is 36.8 Å². The van der Waals surface area contributed by atoms with E-state index >= 15 is 0 Å². The number of esters is 1. The Kier molecular flexibility index (Phi) is 4.89. The fourth-order valence-corrected chi connectivity index (χ4v) is 2.96. The number of aromatic nitrogens is 7. The van der Waals surface area contributed by atoms with Gasteiger partial charge in [-0.1, -0.05) is 0 Å². The number of carbonyl (C=O) groups excluding carboxylic acids is 2. The van der Waals surface area contributed by atoms with E-state index in [4.69, 9.17) is 4.74 Å². The summed E-state index contributed by atoms with van der Waals surface area (Å²) in [5, 5.41) is 10.9. The van der Waals surface area contributed by atoms with Gasteiger partial charge in [0.15, 0.2) is 5.82 Å². The van der Waals surface area contributed by atoms with Gasteiger partial charge < -0.3 is 15.0 Å². The molecule has 4 heterocycles. The molecule has 0 aromatic carbocycles. The van der Waals surface area contributed by atoms with E-state index in [2.05, 4.69) is 30.5 Å². The van der Waals surface area contributed by atoms with Crippen LogP contribution in [-0.2, 0) is 16.6 Å². The Morgan fingerprint density at radius 2 is 2.00 bits per heavy atom. The van der Waals surface area contributed by atoms with Crippen LogP contribution in [0.3, 0.4) is 0 Å². The van der Waals surface area contributed by atoms with Gasteiger partial charge >= 0.3 is 5.97 Å². The van der Waals surface area contributed by atoms with Crippen molar-refractivity contribution in [2.45, 2.75) is 6.92 Å². The summed E-state index contributed by atoms with van der Waals surface area (Å²) < 4.78 is 7.98. The predicted molar refractivity (Wildman–Crippen MR) is 100 cm³/mol. The fraction of sp³-hybridized carbons (Fsp3) is 0.353. The molecule has 3 aromatic rings. The van der Waals surface area contributed by atoms with Gasteiger partial charge in [-0.05, 0) is 6.92 Å². The molecule has 12 nitrogen and oxygen atoms in total. The number of aryl methyl sites for hydroxylation is 1. The van der Waals surface area contributed by atoms with Crippen molar-refractivity contribution in [3.8, 4) is 5.82 Å². The molecule has 1 saturated heterocycles. The lowest BCUT2D eigenvalue weighted by Gasteiger charge is -2.39. The minimum absolute atomic E-state index is 0.194. The van der Waals surface area contributed by atoms with Crippen molar-refractivity contribution in [1.82, 2.24) is 34.5 Å². The first kappa shape index (κ1) is 18.5. The Hall–Kier alpha value is -3.83. The third-order valence-electron chi connectivity index (χ3n) is 4.54. The van der Waals surface area contributed by atoms with Crippen LogP contribution in [0.2, 0.25) is 0 Å². The zero-order chi connectivity index (χ0) is 20.4. The summed E-state index contributed by atoms with van der Waals surface area (Å²) in [5.41, 5.74) is 0.229. The molecule has 0 spiro atoms. The average Bonchev–Trinajstić information content (AvgIpc) is 3.32. The molecule has 0 unspecified atom stereocenters. The monoisotopic (exact) mass is 397 g/mol. The molecule has 3 aromatic heterocycles. The van der Waals surface area contributed by atoms with E-state index in [0.29, 0.717) is 30.5 Å². The number of nitrogens with zero attached hydrogens (tertiary/aromatic N) is 8. The standard InChI is InChI=1S/C17H19N9O3/c1-3-29-17(28)12-5-21-24(2)15(12)23-16(27)11-6-25(7-11)13-4-14(20-9-19-13)26-10-18-8-22-26/h4-5,8-11H,3,6-7H2,1-2H3,(H,23,27). The van der Waals surface area contributed by atoms with Crippen LogP contribution in [0.25, 0.3) is 5.82 Å². The topological polar surface area (TPSA) is 133 Å². The van der Waals surface area contributed by atoms with Crippen LogP contribution in [0.5, 0.6) is 0 Å². The Balaban J connectivity index is 1.40. The number of hydrogen-bond acceptors (Lipinski definition) is 9. The molecule has 0 radical (unpaired) electrons. The lowest BCUT2D eigenvalue weighted by atomic mass is 9.99. The third-order valence-corrected chi connectivity index (χ3v) is 4.54. The molecule has 0 aliphatic carbocycles. The normalized spacial score (nSPS) is 13.8. The highest BCUT2D eigenvalue weighted by molar-refractivity contribution is 6.01. The van der Waals surface area contributed by atoms with Gasteiger partial charge in [-0.2, -0.15) is 10.2 Å². The first-order valence-electron chi connectivity index (χ1n) is 8.98. The Bertz CT molecular complexity index is 1020. The van der Waals surface area contributed by atoms with E-state index in [1.54, 1.807) is 26.4 Å². The van der Waals surface area contributed by atoms with E-state index in [1.165, 1.54) is 28.2 Å². The molecule has 0 bridgehead atoms. The molecular formula is C17H19N9O3. The summed E-state index contributed by atoms with van der Waals surface area (Å²) in [6.07, 6.45) is 5.80. The number of amides is 1. The van der Waals surface area contributed by atoms with Crippen molar-refractivity contribution in [2.75, 3.05) is 29.9 Å². The molecule has 1 fully saturated rings. The van der Waals surface area contributed by atoms with Gasteiger partial charge in [0.1, 0.15) is 36.2 Å². The number of carbonyl (C=O) groups is 2. The minimum atomic E-state index is -0.521. The van der Waals surface area contributed by atoms with Crippen LogP contribution in [0, 0.1) is 5.92 Å². The molecule has 12 heteroatoms. The second-order valence-corrected chi connectivity index (χ2v) is 6.42. The highest BCUT2D eigenvalue weighted by atomic mass is 16.5. The van der Waals surface area contributed by atoms with E-state index in [1.807, 2.05) is 4.90 Å². The van der Waals surface area contributed by atoms with Crippen molar-refractivity contribution >= 4 is 23.5 Å². The van der Waals surface area contributed by atoms with Crippen LogP contribution in [0.15, 0.2) is 31.2 Å². The van der Waals surface area contributed by atoms with E-state index in [-0.39, 0.29) is 24.0 Å². The van der Waals surface area contributed by atoms with Crippen LogP contribution in [0.1, 0.15) is 17.3 Å². The fourth-order valence-electron chi connectivity index (χ4n) is 2.96. The second-order valence-electron chi connectivity index (χ2n) is 6.42. The first-order chi connectivity index (χ1) is 14.1. The molecule has 1 amide bonds. The van der Waals surface area contributed by atoms with Gasteiger partial charge in [-0.25, -0.2) is 24.4 Å². The van der Waals surface area contributed by atoms with Gasteiger partial charge in [0, 0.05) is 26.2 Å². The maximum absolute atomic E-state index is 12.6. The average molecular weight is 397 g/mol. The number of nitrogens with one attached hydrogen (secondary N) is 1. The van der Waals surface area contributed by atoms with Gasteiger partial charge in [0.05, 0.1) is 18.7 Å². The van der Waals surface area contributed by atoms with Gasteiger partial charge in [0.25, 0.3) is 0 Å². The number of rotatable bonds is 6. The summed E-state index contributed by atoms with van der Waals surface area (Å²) >= 11 is 0. The summed E-state index contributed by atoms with van der Waals surface area (Å²) in [6.45, 7) is 2.95. The molecule has 1 aliphatic rings. The Morgan fingerprint density at radius 1 is 1.21 bits per heavy atom. The zero-order valence-electron chi connectivity index (χ0n) is 15.9. The van der Waals surface area contributed by atoms with Crippen molar-refractivity contribution in [1.29, 1.82) is 0 Å². The molecule has 1 N–H and O–H groups in total. The van der Waals surface area contributed by atoms with Gasteiger partial charge in [-0.15, -0.1) is 0 Å². The first-order valence-corrected chi connectivity index (χ1v) is 8.98. The second kappa shape index (κ2) is 7.66. The van der Waals surface area contributed by atoms with Crippen molar-refractivity contribution in [2.24, 2.45) is 13.0 Å². The SMILES string of the molecule is CCOC(=O)c1cnn(C)c1NC(=O)C1CN(c2cc(-n3cncn3)ncn2)C1. The van der Waals surface area contributed by atoms with Gasteiger partial charge in [-0.3, -0.25) is 9.48 Å². The lowest BCUT2D eigenvalue weighted by Crippen LogP contribution is -2.52. The maximum atomic E-state index is 12.6. The molecule has 4 rings (SSSR count). The summed E-state index contributed by atoms with van der Waals surface area (Å²) in [4.78, 5) is 38.9. The number of anilines is 2. The molecule has 0 atom stereocenters. The van der Waals surface area contributed by atoms with Crippen molar-refractivity contribution in [3.63, 3.8) is 0 Å². The predicted octanol–water partition coefficient (Wildman–Crippen LogP) is 0.0424. The highest BCUT2D eigenvalue weighted by Gasteiger charge is 2.35. The Labute approximate surface area is 165 Å². The molecular weight excluding hydrogens is 378 g/mol. The van der Waals surface area contributed by atoms with Gasteiger partial charge in [0.2, 0.25) is 5.91 Å².